The van der Waals surface area contributed by atoms with Gasteiger partial charge in [-0.05, 0) is 30.5 Å². The number of alkyl halides is 1. The predicted molar refractivity (Wildman–Crippen MR) is 71.0 cm³/mol. The van der Waals surface area contributed by atoms with E-state index < -0.39 is 0 Å². The number of hydrogen-bond donors (Lipinski definition) is 0. The van der Waals surface area contributed by atoms with Gasteiger partial charge in [0.2, 0.25) is 5.91 Å². The average Bonchev–Trinajstić information content (AvgIpc) is 3.01. The summed E-state index contributed by atoms with van der Waals surface area (Å²) in [6, 6.07) is 8.28. The van der Waals surface area contributed by atoms with E-state index >= 15 is 0 Å². The number of hydrogen-bond acceptors (Lipinski definition) is 1. The zero-order chi connectivity index (χ0) is 12.0. The van der Waals surface area contributed by atoms with Crippen LogP contribution in [0.5, 0.6) is 0 Å². The molecule has 2 fully saturated rings. The monoisotopic (exact) mass is 313 g/mol. The van der Waals surface area contributed by atoms with Gasteiger partial charge in [0.15, 0.2) is 0 Å². The quantitative estimate of drug-likeness (QED) is 0.767. The summed E-state index contributed by atoms with van der Waals surface area (Å²) in [5.74, 6) is 0.199. The first-order valence-electron chi connectivity index (χ1n) is 5.82. The van der Waals surface area contributed by atoms with Gasteiger partial charge in [-0.1, -0.05) is 28.1 Å². The summed E-state index contributed by atoms with van der Waals surface area (Å²) in [7, 11) is 0. The number of nitrogens with zero attached hydrogens (tertiary/aromatic N) is 1. The van der Waals surface area contributed by atoms with E-state index in [0.29, 0.717) is 13.0 Å². The summed E-state index contributed by atoms with van der Waals surface area (Å²) in [4.78, 5) is 13.9. The van der Waals surface area contributed by atoms with Crippen LogP contribution in [0.25, 0.3) is 0 Å². The smallest absolute Gasteiger partial charge is 0.224 e. The van der Waals surface area contributed by atoms with E-state index in [9.17, 15) is 4.79 Å². The predicted octanol–water partition coefficient (Wildman–Crippen LogP) is 3.28. The van der Waals surface area contributed by atoms with Crippen molar-refractivity contribution in [2.75, 3.05) is 6.54 Å². The van der Waals surface area contributed by atoms with Gasteiger partial charge < -0.3 is 4.90 Å². The van der Waals surface area contributed by atoms with E-state index in [-0.39, 0.29) is 16.8 Å². The first-order valence-corrected chi connectivity index (χ1v) is 7.05. The van der Waals surface area contributed by atoms with E-state index in [4.69, 9.17) is 11.6 Å². The summed E-state index contributed by atoms with van der Waals surface area (Å²) in [5.41, 5.74) is 1.18. The summed E-state index contributed by atoms with van der Waals surface area (Å²) < 4.78 is 1.07. The van der Waals surface area contributed by atoms with Crippen LogP contribution in [0.15, 0.2) is 28.7 Å². The van der Waals surface area contributed by atoms with Crippen molar-refractivity contribution < 1.29 is 4.79 Å². The third-order valence-electron chi connectivity index (χ3n) is 3.70. The highest BCUT2D eigenvalue weighted by Crippen LogP contribution is 2.52. The maximum absolute atomic E-state index is 11.9. The first-order chi connectivity index (χ1) is 8.12. The minimum Gasteiger partial charge on any atom is -0.331 e. The summed E-state index contributed by atoms with van der Waals surface area (Å²) >= 11 is 9.51. The van der Waals surface area contributed by atoms with Gasteiger partial charge in [-0.25, -0.2) is 0 Å². The molecule has 1 aromatic carbocycles. The van der Waals surface area contributed by atoms with Crippen molar-refractivity contribution in [2.45, 2.75) is 30.2 Å². The molecule has 1 saturated heterocycles. The standard InChI is InChI=1S/C13H13BrClNO/c14-10-3-1-9(2-4-10)13(5-6-13)16-8-11(15)7-12(16)17/h1-4,11H,5-8H2. The highest BCUT2D eigenvalue weighted by molar-refractivity contribution is 9.10. The molecule has 1 unspecified atom stereocenters. The van der Waals surface area contributed by atoms with Crippen LogP contribution in [-0.4, -0.2) is 22.7 Å². The maximum atomic E-state index is 11.9. The Morgan fingerprint density at radius 1 is 1.29 bits per heavy atom. The lowest BCUT2D eigenvalue weighted by Crippen LogP contribution is -2.36. The third-order valence-corrected chi connectivity index (χ3v) is 4.52. The van der Waals surface area contributed by atoms with Crippen molar-refractivity contribution in [1.29, 1.82) is 0 Å². The van der Waals surface area contributed by atoms with Crippen LogP contribution in [-0.2, 0) is 10.3 Å². The highest BCUT2D eigenvalue weighted by atomic mass is 79.9. The van der Waals surface area contributed by atoms with E-state index in [1.807, 2.05) is 17.0 Å². The van der Waals surface area contributed by atoms with Crippen molar-refractivity contribution in [1.82, 2.24) is 4.90 Å². The van der Waals surface area contributed by atoms with Crippen LogP contribution < -0.4 is 0 Å². The molecule has 0 bridgehead atoms. The molecule has 1 aliphatic carbocycles. The van der Waals surface area contributed by atoms with Gasteiger partial charge in [0.1, 0.15) is 0 Å². The van der Waals surface area contributed by atoms with Crippen LogP contribution >= 0.6 is 27.5 Å². The number of carbonyl (C=O) groups is 1. The fourth-order valence-corrected chi connectivity index (χ4v) is 3.20. The molecule has 1 atom stereocenters. The average molecular weight is 315 g/mol. The van der Waals surface area contributed by atoms with E-state index in [2.05, 4.69) is 28.1 Å². The normalized spacial score (nSPS) is 26.4. The fourth-order valence-electron chi connectivity index (χ4n) is 2.67. The Kier molecular flexibility index (Phi) is 2.71. The van der Waals surface area contributed by atoms with Crippen LogP contribution in [0.1, 0.15) is 24.8 Å². The topological polar surface area (TPSA) is 20.3 Å². The lowest BCUT2D eigenvalue weighted by molar-refractivity contribution is -0.130. The van der Waals surface area contributed by atoms with Crippen molar-refractivity contribution >= 4 is 33.4 Å². The Labute approximate surface area is 114 Å². The second-order valence-corrected chi connectivity index (χ2v) is 6.38. The lowest BCUT2D eigenvalue weighted by atomic mass is 10.0. The molecule has 0 aromatic heterocycles. The molecule has 1 aromatic rings. The zero-order valence-electron chi connectivity index (χ0n) is 9.33. The van der Waals surface area contributed by atoms with Gasteiger partial charge in [-0.15, -0.1) is 11.6 Å². The van der Waals surface area contributed by atoms with Gasteiger partial charge >= 0.3 is 0 Å². The maximum Gasteiger partial charge on any atom is 0.224 e. The van der Waals surface area contributed by atoms with Crippen molar-refractivity contribution in [2.24, 2.45) is 0 Å². The largest absolute Gasteiger partial charge is 0.331 e. The minimum absolute atomic E-state index is 0.0181. The van der Waals surface area contributed by atoms with Crippen LogP contribution in [0, 0.1) is 0 Å². The number of carbonyl (C=O) groups excluding carboxylic acids is 1. The molecule has 2 aliphatic rings. The molecule has 1 aliphatic heterocycles. The summed E-state index contributed by atoms with van der Waals surface area (Å²) in [6.45, 7) is 0.691. The van der Waals surface area contributed by atoms with Crippen molar-refractivity contribution in [3.8, 4) is 0 Å². The molecule has 1 saturated carbocycles. The van der Waals surface area contributed by atoms with E-state index in [1.165, 1.54) is 5.56 Å². The molecule has 0 N–H and O–H groups in total. The first kappa shape index (κ1) is 11.5. The van der Waals surface area contributed by atoms with Crippen LogP contribution in [0.4, 0.5) is 0 Å². The molecular weight excluding hydrogens is 302 g/mol. The molecule has 1 heterocycles. The molecule has 2 nitrogen and oxygen atoms in total. The van der Waals surface area contributed by atoms with Gasteiger partial charge in [-0.3, -0.25) is 4.79 Å². The Hall–Kier alpha value is -0.540. The zero-order valence-corrected chi connectivity index (χ0v) is 11.7. The third kappa shape index (κ3) is 1.89. The number of rotatable bonds is 2. The van der Waals surface area contributed by atoms with Crippen molar-refractivity contribution in [3.63, 3.8) is 0 Å². The van der Waals surface area contributed by atoms with Gasteiger partial charge in [0.05, 0.1) is 10.9 Å². The molecular formula is C13H13BrClNO. The van der Waals surface area contributed by atoms with Crippen molar-refractivity contribution in [3.05, 3.63) is 34.3 Å². The van der Waals surface area contributed by atoms with Gasteiger partial charge in [0.25, 0.3) is 0 Å². The number of benzene rings is 1. The molecule has 0 spiro atoms. The lowest BCUT2D eigenvalue weighted by Gasteiger charge is -2.28. The van der Waals surface area contributed by atoms with E-state index in [1.54, 1.807) is 0 Å². The molecule has 17 heavy (non-hydrogen) atoms. The number of halogens is 2. The fraction of sp³-hybridized carbons (Fsp3) is 0.462. The Bertz CT molecular complexity index is 455. The number of amides is 1. The number of likely N-dealkylation sites (tertiary alicyclic amines) is 1. The van der Waals surface area contributed by atoms with Gasteiger partial charge in [-0.2, -0.15) is 0 Å². The summed E-state index contributed by atoms with van der Waals surface area (Å²) in [5, 5.41) is -0.0181. The van der Waals surface area contributed by atoms with Crippen LogP contribution in [0.2, 0.25) is 0 Å². The second kappa shape index (κ2) is 3.99. The Morgan fingerprint density at radius 2 is 1.94 bits per heavy atom. The molecule has 3 rings (SSSR count). The van der Waals surface area contributed by atoms with Gasteiger partial charge in [0, 0.05) is 17.4 Å². The van der Waals surface area contributed by atoms with Crippen LogP contribution in [0.3, 0.4) is 0 Å². The Balaban J connectivity index is 1.91. The highest BCUT2D eigenvalue weighted by Gasteiger charge is 2.53. The molecule has 4 heteroatoms. The van der Waals surface area contributed by atoms with E-state index in [0.717, 1.165) is 17.3 Å². The molecule has 90 valence electrons. The molecule has 0 radical (unpaired) electrons. The minimum atomic E-state index is -0.0541. The molecule has 1 amide bonds. The summed E-state index contributed by atoms with van der Waals surface area (Å²) in [6.07, 6.45) is 2.60. The Morgan fingerprint density at radius 3 is 2.41 bits per heavy atom. The second-order valence-electron chi connectivity index (χ2n) is 4.84. The SMILES string of the molecule is O=C1CC(Cl)CN1C1(c2ccc(Br)cc2)CC1.